The average Bonchev–Trinajstić information content (AvgIpc) is 2.61. The van der Waals surface area contributed by atoms with Gasteiger partial charge in [0.1, 0.15) is 5.75 Å². The van der Waals surface area contributed by atoms with Gasteiger partial charge >= 0.3 is 0 Å². The van der Waals surface area contributed by atoms with Crippen LogP contribution in [0.1, 0.15) is 39.2 Å². The number of methoxy groups -OCH3 is 1. The number of nitrogens with zero attached hydrogens (tertiary/aromatic N) is 1. The maximum Gasteiger partial charge on any atom is 0.227 e. The third-order valence-electron chi connectivity index (χ3n) is 4.42. The third-order valence-corrected chi connectivity index (χ3v) is 4.42. The van der Waals surface area contributed by atoms with E-state index < -0.39 is 0 Å². The molecule has 1 rings (SSSR count). The lowest BCUT2D eigenvalue weighted by Crippen LogP contribution is -2.35. The van der Waals surface area contributed by atoms with Crippen molar-refractivity contribution in [3.05, 3.63) is 29.8 Å². The van der Waals surface area contributed by atoms with Crippen LogP contribution in [0.2, 0.25) is 0 Å². The first-order valence-corrected chi connectivity index (χ1v) is 9.25. The number of carbonyl (C=O) groups excluding carboxylic acids is 1. The summed E-state index contributed by atoms with van der Waals surface area (Å²) in [6, 6.07) is 7.72. The third kappa shape index (κ3) is 7.45. The van der Waals surface area contributed by atoms with Crippen LogP contribution < -0.4 is 10.1 Å². The lowest BCUT2D eigenvalue weighted by atomic mass is 9.87. The van der Waals surface area contributed by atoms with Crippen molar-refractivity contribution < 1.29 is 14.3 Å². The SMILES string of the molecule is CCN(CC)CCOCCNC(=O)C(c1ccc(OC)cc1)C(C)C. The molecule has 0 heterocycles. The smallest absolute Gasteiger partial charge is 0.227 e. The molecule has 0 aliphatic rings. The maximum absolute atomic E-state index is 12.6. The number of likely N-dealkylation sites (N-methyl/N-ethyl adjacent to an activating group) is 1. The second kappa shape index (κ2) is 11.9. The highest BCUT2D eigenvalue weighted by molar-refractivity contribution is 5.83. The summed E-state index contributed by atoms with van der Waals surface area (Å²) >= 11 is 0. The zero-order valence-corrected chi connectivity index (χ0v) is 16.4. The molecule has 1 atom stereocenters. The summed E-state index contributed by atoms with van der Waals surface area (Å²) in [6.07, 6.45) is 0. The van der Waals surface area contributed by atoms with Crippen LogP contribution in [-0.2, 0) is 9.53 Å². The summed E-state index contributed by atoms with van der Waals surface area (Å²) in [4.78, 5) is 14.9. The van der Waals surface area contributed by atoms with E-state index in [1.165, 1.54) is 0 Å². The van der Waals surface area contributed by atoms with E-state index in [0.717, 1.165) is 30.9 Å². The summed E-state index contributed by atoms with van der Waals surface area (Å²) in [7, 11) is 1.64. The molecule has 0 aliphatic carbocycles. The Hall–Kier alpha value is -1.59. The van der Waals surface area contributed by atoms with Gasteiger partial charge in [0.25, 0.3) is 0 Å². The van der Waals surface area contributed by atoms with Crippen molar-refractivity contribution in [1.82, 2.24) is 10.2 Å². The fraction of sp³-hybridized carbons (Fsp3) is 0.650. The van der Waals surface area contributed by atoms with Crippen molar-refractivity contribution in [2.45, 2.75) is 33.6 Å². The molecule has 0 saturated carbocycles. The Labute approximate surface area is 152 Å². The Kier molecular flexibility index (Phi) is 10.2. The highest BCUT2D eigenvalue weighted by Gasteiger charge is 2.23. The Morgan fingerprint density at radius 3 is 2.28 bits per heavy atom. The molecule has 0 saturated heterocycles. The lowest BCUT2D eigenvalue weighted by Gasteiger charge is -2.21. The van der Waals surface area contributed by atoms with Crippen LogP contribution in [0.5, 0.6) is 5.75 Å². The van der Waals surface area contributed by atoms with Crippen LogP contribution in [0.3, 0.4) is 0 Å². The van der Waals surface area contributed by atoms with E-state index in [1.54, 1.807) is 7.11 Å². The summed E-state index contributed by atoms with van der Waals surface area (Å²) in [5.74, 6) is 0.902. The average molecular weight is 351 g/mol. The molecule has 0 bridgehead atoms. The van der Waals surface area contributed by atoms with Gasteiger partial charge in [-0.25, -0.2) is 0 Å². The molecular formula is C20H34N2O3. The van der Waals surface area contributed by atoms with Crippen molar-refractivity contribution in [1.29, 1.82) is 0 Å². The first kappa shape index (κ1) is 21.5. The van der Waals surface area contributed by atoms with Gasteiger partial charge in [0.2, 0.25) is 5.91 Å². The molecule has 5 nitrogen and oxygen atoms in total. The van der Waals surface area contributed by atoms with Crippen LogP contribution in [0.15, 0.2) is 24.3 Å². The normalized spacial score (nSPS) is 12.4. The zero-order chi connectivity index (χ0) is 18.7. The molecule has 25 heavy (non-hydrogen) atoms. The van der Waals surface area contributed by atoms with Gasteiger partial charge in [0.05, 0.1) is 26.2 Å². The van der Waals surface area contributed by atoms with Crippen molar-refractivity contribution >= 4 is 5.91 Å². The first-order chi connectivity index (χ1) is 12.0. The number of benzene rings is 1. The van der Waals surface area contributed by atoms with Gasteiger partial charge in [-0.3, -0.25) is 4.79 Å². The highest BCUT2D eigenvalue weighted by Crippen LogP contribution is 2.26. The molecule has 1 unspecified atom stereocenters. The topological polar surface area (TPSA) is 50.8 Å². The summed E-state index contributed by atoms with van der Waals surface area (Å²) in [5.41, 5.74) is 1.01. The molecule has 1 amide bonds. The Balaban J connectivity index is 2.41. The number of nitrogens with one attached hydrogen (secondary N) is 1. The minimum absolute atomic E-state index is 0.0486. The van der Waals surface area contributed by atoms with Gasteiger partial charge < -0.3 is 19.7 Å². The fourth-order valence-corrected chi connectivity index (χ4v) is 2.84. The van der Waals surface area contributed by atoms with Crippen LogP contribution in [0, 0.1) is 5.92 Å². The number of carbonyl (C=O) groups is 1. The number of hydrogen-bond acceptors (Lipinski definition) is 4. The number of hydrogen-bond donors (Lipinski definition) is 1. The van der Waals surface area contributed by atoms with E-state index in [9.17, 15) is 4.79 Å². The molecule has 142 valence electrons. The van der Waals surface area contributed by atoms with Crippen LogP contribution in [0.25, 0.3) is 0 Å². The number of rotatable bonds is 12. The maximum atomic E-state index is 12.6. The molecule has 0 fully saturated rings. The van der Waals surface area contributed by atoms with Gasteiger partial charge in [-0.15, -0.1) is 0 Å². The van der Waals surface area contributed by atoms with Gasteiger partial charge in [0.15, 0.2) is 0 Å². The molecule has 1 N–H and O–H groups in total. The van der Waals surface area contributed by atoms with Crippen molar-refractivity contribution in [2.24, 2.45) is 5.92 Å². The summed E-state index contributed by atoms with van der Waals surface area (Å²) in [5, 5.41) is 3.00. The van der Waals surface area contributed by atoms with Gasteiger partial charge in [0, 0.05) is 13.1 Å². The quantitative estimate of drug-likeness (QED) is 0.589. The predicted octanol–water partition coefficient (Wildman–Crippen LogP) is 2.91. The molecular weight excluding hydrogens is 316 g/mol. The molecule has 0 spiro atoms. The van der Waals surface area contributed by atoms with Gasteiger partial charge in [-0.2, -0.15) is 0 Å². The molecule has 1 aromatic carbocycles. The Bertz CT molecular complexity index is 484. The van der Waals surface area contributed by atoms with Gasteiger partial charge in [-0.05, 0) is 36.7 Å². The highest BCUT2D eigenvalue weighted by atomic mass is 16.5. The minimum atomic E-state index is -0.165. The first-order valence-electron chi connectivity index (χ1n) is 9.25. The van der Waals surface area contributed by atoms with E-state index in [-0.39, 0.29) is 17.7 Å². The second-order valence-corrected chi connectivity index (χ2v) is 6.43. The summed E-state index contributed by atoms with van der Waals surface area (Å²) < 4.78 is 10.8. The monoisotopic (exact) mass is 350 g/mol. The molecule has 5 heteroatoms. The van der Waals surface area contributed by atoms with E-state index in [4.69, 9.17) is 9.47 Å². The number of ether oxygens (including phenoxy) is 2. The van der Waals surface area contributed by atoms with Crippen molar-refractivity contribution in [2.75, 3.05) is 46.5 Å². The second-order valence-electron chi connectivity index (χ2n) is 6.43. The molecule has 1 aromatic rings. The zero-order valence-electron chi connectivity index (χ0n) is 16.4. The standard InChI is InChI=1S/C20H34N2O3/c1-6-22(7-2)13-15-25-14-12-21-20(23)19(16(3)4)17-8-10-18(24-5)11-9-17/h8-11,16,19H,6-7,12-15H2,1-5H3,(H,21,23). The van der Waals surface area contributed by atoms with Crippen LogP contribution in [-0.4, -0.2) is 57.3 Å². The molecule has 0 radical (unpaired) electrons. The lowest BCUT2D eigenvalue weighted by molar-refractivity contribution is -0.123. The minimum Gasteiger partial charge on any atom is -0.497 e. The predicted molar refractivity (Wildman–Crippen MR) is 102 cm³/mol. The Morgan fingerprint density at radius 2 is 1.76 bits per heavy atom. The van der Waals surface area contributed by atoms with Crippen LogP contribution >= 0.6 is 0 Å². The van der Waals surface area contributed by atoms with Crippen molar-refractivity contribution in [3.8, 4) is 5.75 Å². The van der Waals surface area contributed by atoms with Crippen molar-refractivity contribution in [3.63, 3.8) is 0 Å². The van der Waals surface area contributed by atoms with Gasteiger partial charge in [-0.1, -0.05) is 39.8 Å². The largest absolute Gasteiger partial charge is 0.497 e. The van der Waals surface area contributed by atoms with E-state index in [2.05, 4.69) is 37.9 Å². The Morgan fingerprint density at radius 1 is 1.12 bits per heavy atom. The van der Waals surface area contributed by atoms with E-state index in [1.807, 2.05) is 24.3 Å². The van der Waals surface area contributed by atoms with Crippen LogP contribution in [0.4, 0.5) is 0 Å². The number of amides is 1. The molecule has 0 aromatic heterocycles. The van der Waals surface area contributed by atoms with E-state index in [0.29, 0.717) is 19.8 Å². The fourth-order valence-electron chi connectivity index (χ4n) is 2.84. The summed E-state index contributed by atoms with van der Waals surface area (Å²) in [6.45, 7) is 13.2. The van der Waals surface area contributed by atoms with E-state index >= 15 is 0 Å². The molecule has 0 aliphatic heterocycles.